The van der Waals surface area contributed by atoms with E-state index in [-0.39, 0.29) is 11.9 Å². The molecule has 0 fully saturated rings. The molecule has 5 nitrogen and oxygen atoms in total. The average molecular weight is 370 g/mol. The highest BCUT2D eigenvalue weighted by Crippen LogP contribution is 2.24. The zero-order valence-electron chi connectivity index (χ0n) is 15.3. The lowest BCUT2D eigenvalue weighted by molar-refractivity contribution is -0.902. The molecule has 3 aromatic rings. The number of ether oxygens (including phenoxy) is 1. The first-order valence-electron chi connectivity index (χ1n) is 8.64. The molecule has 1 unspecified atom stereocenters. The Morgan fingerprint density at radius 2 is 1.96 bits per heavy atom. The van der Waals surface area contributed by atoms with Crippen LogP contribution in [-0.4, -0.2) is 31.6 Å². The molecule has 0 aliphatic rings. The number of likely N-dealkylation sites (N-methyl/N-ethyl adjacent to an activating group) is 1. The fraction of sp³-hybridized carbons (Fsp3) is 0.300. The van der Waals surface area contributed by atoms with Crippen LogP contribution >= 0.6 is 11.3 Å². The minimum absolute atomic E-state index is 0.0336. The van der Waals surface area contributed by atoms with Crippen LogP contribution in [-0.2, 0) is 11.3 Å². The van der Waals surface area contributed by atoms with Crippen LogP contribution in [0.25, 0.3) is 10.2 Å². The Morgan fingerprint density at radius 1 is 1.23 bits per heavy atom. The number of amides is 1. The maximum absolute atomic E-state index is 12.3. The van der Waals surface area contributed by atoms with E-state index in [4.69, 9.17) is 9.72 Å². The number of fused-ring (bicyclic) bond motifs is 1. The second-order valence-electron chi connectivity index (χ2n) is 6.39. The smallest absolute Gasteiger partial charge is 0.275 e. The Kier molecular flexibility index (Phi) is 5.85. The highest BCUT2D eigenvalue weighted by atomic mass is 32.1. The molecule has 6 heteroatoms. The second-order valence-corrected chi connectivity index (χ2v) is 7.45. The van der Waals surface area contributed by atoms with E-state index in [1.54, 1.807) is 18.4 Å². The van der Waals surface area contributed by atoms with E-state index in [1.807, 2.05) is 49.5 Å². The summed E-state index contributed by atoms with van der Waals surface area (Å²) in [6.45, 7) is 3.04. The minimum atomic E-state index is 0.0336. The van der Waals surface area contributed by atoms with Gasteiger partial charge in [0.2, 0.25) is 0 Å². The number of nitrogens with zero attached hydrogens (tertiary/aromatic N) is 1. The fourth-order valence-electron chi connectivity index (χ4n) is 2.70. The van der Waals surface area contributed by atoms with E-state index in [1.165, 1.54) is 4.70 Å². The van der Waals surface area contributed by atoms with Crippen molar-refractivity contribution in [2.45, 2.75) is 19.5 Å². The number of thiazole rings is 1. The predicted octanol–water partition coefficient (Wildman–Crippen LogP) is 2.20. The monoisotopic (exact) mass is 370 g/mol. The van der Waals surface area contributed by atoms with Crippen molar-refractivity contribution in [1.29, 1.82) is 0 Å². The van der Waals surface area contributed by atoms with Gasteiger partial charge in [0, 0.05) is 6.54 Å². The van der Waals surface area contributed by atoms with Gasteiger partial charge in [0.05, 0.1) is 24.4 Å². The summed E-state index contributed by atoms with van der Waals surface area (Å²) in [7, 11) is 3.67. The van der Waals surface area contributed by atoms with Gasteiger partial charge in [0.1, 0.15) is 11.8 Å². The Balaban J connectivity index is 1.54. The van der Waals surface area contributed by atoms with Crippen molar-refractivity contribution in [3.63, 3.8) is 0 Å². The van der Waals surface area contributed by atoms with Crippen LogP contribution in [0.2, 0.25) is 0 Å². The minimum Gasteiger partial charge on any atom is -0.497 e. The van der Waals surface area contributed by atoms with Gasteiger partial charge in [-0.2, -0.15) is 0 Å². The third-order valence-corrected chi connectivity index (χ3v) is 5.73. The van der Waals surface area contributed by atoms with Crippen LogP contribution in [0.4, 0.5) is 0 Å². The van der Waals surface area contributed by atoms with Gasteiger partial charge in [0.15, 0.2) is 11.6 Å². The third kappa shape index (κ3) is 4.39. The summed E-state index contributed by atoms with van der Waals surface area (Å²) < 4.78 is 6.33. The summed E-state index contributed by atoms with van der Waals surface area (Å²) in [5.74, 6) is 0.847. The topological polar surface area (TPSA) is 55.7 Å². The van der Waals surface area contributed by atoms with Gasteiger partial charge in [-0.25, -0.2) is 4.98 Å². The van der Waals surface area contributed by atoms with Crippen molar-refractivity contribution in [2.75, 3.05) is 20.7 Å². The van der Waals surface area contributed by atoms with Crippen LogP contribution in [0.1, 0.15) is 23.5 Å². The summed E-state index contributed by atoms with van der Waals surface area (Å²) in [5.41, 5.74) is 2.08. The van der Waals surface area contributed by atoms with E-state index in [2.05, 4.69) is 18.3 Å². The van der Waals surface area contributed by atoms with Crippen molar-refractivity contribution >= 4 is 27.5 Å². The molecule has 136 valence electrons. The number of rotatable bonds is 7. The van der Waals surface area contributed by atoms with Crippen LogP contribution < -0.4 is 15.0 Å². The largest absolute Gasteiger partial charge is 0.497 e. The quantitative estimate of drug-likeness (QED) is 0.670. The molecule has 0 spiro atoms. The van der Waals surface area contributed by atoms with Crippen LogP contribution in [0.15, 0.2) is 48.5 Å². The predicted molar refractivity (Wildman–Crippen MR) is 105 cm³/mol. The molecule has 1 heterocycles. The Hall–Kier alpha value is -2.44. The molecule has 0 radical (unpaired) electrons. The lowest BCUT2D eigenvalue weighted by Crippen LogP contribution is -3.10. The number of carbonyl (C=O) groups excluding carboxylic acids is 1. The first-order valence-corrected chi connectivity index (χ1v) is 9.46. The number of carbonyl (C=O) groups is 1. The van der Waals surface area contributed by atoms with Gasteiger partial charge in [0.25, 0.3) is 5.91 Å². The van der Waals surface area contributed by atoms with Crippen molar-refractivity contribution in [3.8, 4) is 5.75 Å². The molecular weight excluding hydrogens is 346 g/mol. The Morgan fingerprint density at radius 3 is 2.65 bits per heavy atom. The van der Waals surface area contributed by atoms with Crippen LogP contribution in [0.5, 0.6) is 5.75 Å². The molecule has 0 aliphatic carbocycles. The first-order chi connectivity index (χ1) is 12.6. The third-order valence-electron chi connectivity index (χ3n) is 4.51. The van der Waals surface area contributed by atoms with Gasteiger partial charge in [-0.3, -0.25) is 4.79 Å². The highest BCUT2D eigenvalue weighted by Gasteiger charge is 2.21. The summed E-state index contributed by atoms with van der Waals surface area (Å²) >= 11 is 1.70. The zero-order chi connectivity index (χ0) is 18.5. The summed E-state index contributed by atoms with van der Waals surface area (Å²) in [6.07, 6.45) is 0. The van der Waals surface area contributed by atoms with Gasteiger partial charge < -0.3 is 15.0 Å². The van der Waals surface area contributed by atoms with E-state index < -0.39 is 0 Å². The molecule has 0 saturated carbocycles. The standard InChI is InChI=1S/C20H23N3O2S/c1-14(20-22-17-6-4-5-7-18(17)26-20)23(2)13-19(24)21-12-15-8-10-16(25-3)11-9-15/h4-11,14H,12-13H2,1-3H3,(H,21,24)/p+1/t14-/m0/s1. The lowest BCUT2D eigenvalue weighted by atomic mass is 10.2. The van der Waals surface area contributed by atoms with Gasteiger partial charge in [-0.1, -0.05) is 24.3 Å². The molecule has 2 N–H and O–H groups in total. The van der Waals surface area contributed by atoms with Crippen molar-refractivity contribution in [1.82, 2.24) is 10.3 Å². The van der Waals surface area contributed by atoms with Gasteiger partial charge >= 0.3 is 0 Å². The first kappa shape index (κ1) is 18.4. The molecule has 0 bridgehead atoms. The Labute approximate surface area is 157 Å². The number of quaternary nitrogens is 1. The number of methoxy groups -OCH3 is 1. The maximum atomic E-state index is 12.3. The number of hydrogen-bond donors (Lipinski definition) is 2. The molecule has 2 aromatic carbocycles. The molecule has 0 saturated heterocycles. The van der Waals surface area contributed by atoms with Gasteiger partial charge in [-0.15, -0.1) is 11.3 Å². The Bertz CT molecular complexity index is 843. The van der Waals surface area contributed by atoms with Crippen LogP contribution in [0, 0.1) is 0 Å². The summed E-state index contributed by atoms with van der Waals surface area (Å²) in [6, 6.07) is 16.0. The normalized spacial score (nSPS) is 13.3. The summed E-state index contributed by atoms with van der Waals surface area (Å²) in [5, 5.41) is 4.04. The second kappa shape index (κ2) is 8.29. The van der Waals surface area contributed by atoms with Gasteiger partial charge in [-0.05, 0) is 36.8 Å². The van der Waals surface area contributed by atoms with Crippen LogP contribution in [0.3, 0.4) is 0 Å². The lowest BCUT2D eigenvalue weighted by Gasteiger charge is -2.19. The number of hydrogen-bond acceptors (Lipinski definition) is 4. The van der Waals surface area contributed by atoms with E-state index in [9.17, 15) is 4.79 Å². The summed E-state index contributed by atoms with van der Waals surface area (Å²) in [4.78, 5) is 18.1. The molecule has 1 aromatic heterocycles. The SMILES string of the molecule is COc1ccc(CNC(=O)C[NH+](C)[C@@H](C)c2nc3ccccc3s2)cc1. The van der Waals surface area contributed by atoms with E-state index in [0.29, 0.717) is 13.1 Å². The van der Waals surface area contributed by atoms with Crippen molar-refractivity contribution < 1.29 is 14.4 Å². The molecule has 2 atom stereocenters. The molecule has 0 aliphatic heterocycles. The van der Waals surface area contributed by atoms with E-state index in [0.717, 1.165) is 26.7 Å². The number of benzene rings is 2. The number of nitrogens with one attached hydrogen (secondary N) is 2. The van der Waals surface area contributed by atoms with Crippen molar-refractivity contribution in [2.24, 2.45) is 0 Å². The highest BCUT2D eigenvalue weighted by molar-refractivity contribution is 7.18. The number of aromatic nitrogens is 1. The zero-order valence-corrected chi connectivity index (χ0v) is 16.1. The molecule has 3 rings (SSSR count). The fourth-order valence-corrected chi connectivity index (χ4v) is 3.81. The molecular formula is C20H24N3O2S+. The molecule has 1 amide bonds. The number of para-hydroxylation sites is 1. The molecule has 26 heavy (non-hydrogen) atoms. The average Bonchev–Trinajstić information content (AvgIpc) is 3.10. The van der Waals surface area contributed by atoms with Crippen molar-refractivity contribution in [3.05, 3.63) is 59.1 Å². The maximum Gasteiger partial charge on any atom is 0.275 e. The van der Waals surface area contributed by atoms with E-state index >= 15 is 0 Å².